The molecule has 0 aromatic heterocycles. The normalized spacial score (nSPS) is 11.8. The van der Waals surface area contributed by atoms with E-state index in [1.165, 1.54) is 7.11 Å². The van der Waals surface area contributed by atoms with Crippen molar-refractivity contribution in [3.05, 3.63) is 59.7 Å². The van der Waals surface area contributed by atoms with Gasteiger partial charge in [0.2, 0.25) is 0 Å². The summed E-state index contributed by atoms with van der Waals surface area (Å²) in [6.45, 7) is 0. The first-order valence-electron chi connectivity index (χ1n) is 6.09. The van der Waals surface area contributed by atoms with Gasteiger partial charge in [0.05, 0.1) is 7.11 Å². The Hall–Kier alpha value is -2.63. The standard InChI is InChI=1S/C15H13F2NO3/c1-21-13-4-2-12(3-5-13)18-14(15(19)20)9-6-10(16)8-11(17)7-9/h2-8,14,18H,1H3,(H,19,20). The summed E-state index contributed by atoms with van der Waals surface area (Å²) >= 11 is 0. The van der Waals surface area contributed by atoms with Crippen molar-refractivity contribution in [2.24, 2.45) is 0 Å². The summed E-state index contributed by atoms with van der Waals surface area (Å²) in [5.74, 6) is -2.28. The molecule has 0 spiro atoms. The second-order valence-electron chi connectivity index (χ2n) is 4.35. The van der Waals surface area contributed by atoms with E-state index in [9.17, 15) is 18.7 Å². The summed E-state index contributed by atoms with van der Waals surface area (Å²) in [7, 11) is 1.51. The molecule has 2 N–H and O–H groups in total. The molecule has 110 valence electrons. The lowest BCUT2D eigenvalue weighted by Gasteiger charge is -2.16. The number of hydrogen-bond donors (Lipinski definition) is 2. The molecule has 0 aliphatic heterocycles. The maximum absolute atomic E-state index is 13.2. The molecule has 2 aromatic carbocycles. The van der Waals surface area contributed by atoms with Gasteiger partial charge in [0.15, 0.2) is 6.04 Å². The Morgan fingerprint density at radius 2 is 1.71 bits per heavy atom. The molecule has 4 nitrogen and oxygen atoms in total. The molecule has 0 bridgehead atoms. The van der Waals surface area contributed by atoms with Crippen molar-refractivity contribution in [1.29, 1.82) is 0 Å². The van der Waals surface area contributed by atoms with Crippen LogP contribution in [0, 0.1) is 11.6 Å². The highest BCUT2D eigenvalue weighted by atomic mass is 19.1. The summed E-state index contributed by atoms with van der Waals surface area (Å²) in [4.78, 5) is 11.3. The number of methoxy groups -OCH3 is 1. The van der Waals surface area contributed by atoms with Gasteiger partial charge in [0.25, 0.3) is 0 Å². The van der Waals surface area contributed by atoms with E-state index in [1.54, 1.807) is 24.3 Å². The van der Waals surface area contributed by atoms with Crippen LogP contribution in [0.3, 0.4) is 0 Å². The molecule has 2 rings (SSSR count). The number of aliphatic carboxylic acids is 1. The molecule has 0 saturated heterocycles. The molecule has 0 fully saturated rings. The molecule has 0 saturated carbocycles. The van der Waals surface area contributed by atoms with Crippen molar-refractivity contribution in [2.45, 2.75) is 6.04 Å². The number of ether oxygens (including phenoxy) is 1. The van der Waals surface area contributed by atoms with Gasteiger partial charge in [-0.15, -0.1) is 0 Å². The first kappa shape index (κ1) is 14.8. The Morgan fingerprint density at radius 3 is 2.19 bits per heavy atom. The third-order valence-electron chi connectivity index (χ3n) is 2.87. The monoisotopic (exact) mass is 293 g/mol. The van der Waals surface area contributed by atoms with Gasteiger partial charge in [0, 0.05) is 11.8 Å². The SMILES string of the molecule is COc1ccc(NC(C(=O)O)c2cc(F)cc(F)c2)cc1. The number of halogens is 2. The van der Waals surface area contributed by atoms with Gasteiger partial charge in [-0.05, 0) is 42.0 Å². The third-order valence-corrected chi connectivity index (χ3v) is 2.87. The minimum absolute atomic E-state index is 0.00387. The summed E-state index contributed by atoms with van der Waals surface area (Å²) in [5, 5.41) is 12.0. The number of nitrogens with one attached hydrogen (secondary N) is 1. The highest BCUT2D eigenvalue weighted by Crippen LogP contribution is 2.23. The van der Waals surface area contributed by atoms with E-state index in [2.05, 4.69) is 5.32 Å². The number of carbonyl (C=O) groups is 1. The van der Waals surface area contributed by atoms with E-state index in [-0.39, 0.29) is 5.56 Å². The van der Waals surface area contributed by atoms with Crippen LogP contribution in [0.1, 0.15) is 11.6 Å². The van der Waals surface area contributed by atoms with Gasteiger partial charge in [-0.25, -0.2) is 13.6 Å². The van der Waals surface area contributed by atoms with Crippen molar-refractivity contribution in [1.82, 2.24) is 0 Å². The van der Waals surface area contributed by atoms with E-state index >= 15 is 0 Å². The first-order chi connectivity index (χ1) is 9.99. The third kappa shape index (κ3) is 3.68. The fourth-order valence-corrected chi connectivity index (χ4v) is 1.88. The minimum Gasteiger partial charge on any atom is -0.497 e. The topological polar surface area (TPSA) is 58.6 Å². The lowest BCUT2D eigenvalue weighted by atomic mass is 10.1. The second kappa shape index (κ2) is 6.21. The Kier molecular flexibility index (Phi) is 4.37. The molecule has 0 radical (unpaired) electrons. The predicted molar refractivity (Wildman–Crippen MR) is 73.4 cm³/mol. The molecule has 1 unspecified atom stereocenters. The molecule has 0 heterocycles. The fourth-order valence-electron chi connectivity index (χ4n) is 1.88. The zero-order chi connectivity index (χ0) is 15.4. The van der Waals surface area contributed by atoms with E-state index in [1.807, 2.05) is 0 Å². The van der Waals surface area contributed by atoms with E-state index in [0.29, 0.717) is 17.5 Å². The predicted octanol–water partition coefficient (Wildman–Crippen LogP) is 3.21. The van der Waals surface area contributed by atoms with Crippen molar-refractivity contribution in [3.63, 3.8) is 0 Å². The van der Waals surface area contributed by atoms with Gasteiger partial charge >= 0.3 is 5.97 Å². The van der Waals surface area contributed by atoms with Crippen LogP contribution in [-0.4, -0.2) is 18.2 Å². The molecular weight excluding hydrogens is 280 g/mol. The number of rotatable bonds is 5. The summed E-state index contributed by atoms with van der Waals surface area (Å²) in [6, 6.07) is 7.92. The Labute approximate surface area is 120 Å². The lowest BCUT2D eigenvalue weighted by molar-refractivity contribution is -0.138. The van der Waals surface area contributed by atoms with Crippen molar-refractivity contribution in [2.75, 3.05) is 12.4 Å². The van der Waals surface area contributed by atoms with Gasteiger partial charge in [-0.3, -0.25) is 0 Å². The van der Waals surface area contributed by atoms with E-state index < -0.39 is 23.6 Å². The smallest absolute Gasteiger partial charge is 0.330 e. The van der Waals surface area contributed by atoms with Gasteiger partial charge < -0.3 is 15.2 Å². The van der Waals surface area contributed by atoms with Crippen LogP contribution in [0.2, 0.25) is 0 Å². The van der Waals surface area contributed by atoms with E-state index in [0.717, 1.165) is 12.1 Å². The van der Waals surface area contributed by atoms with Gasteiger partial charge in [-0.1, -0.05) is 0 Å². The fraction of sp³-hybridized carbons (Fsp3) is 0.133. The van der Waals surface area contributed by atoms with Crippen LogP contribution in [0.15, 0.2) is 42.5 Å². The van der Waals surface area contributed by atoms with E-state index in [4.69, 9.17) is 4.74 Å². The van der Waals surface area contributed by atoms with Gasteiger partial charge in [-0.2, -0.15) is 0 Å². The molecule has 0 aliphatic rings. The highest BCUT2D eigenvalue weighted by molar-refractivity contribution is 5.79. The Bertz CT molecular complexity index is 624. The highest BCUT2D eigenvalue weighted by Gasteiger charge is 2.21. The molecule has 0 amide bonds. The maximum Gasteiger partial charge on any atom is 0.330 e. The number of carboxylic acids is 1. The van der Waals surface area contributed by atoms with Crippen molar-refractivity contribution >= 4 is 11.7 Å². The number of hydrogen-bond acceptors (Lipinski definition) is 3. The zero-order valence-corrected chi connectivity index (χ0v) is 11.1. The molecular formula is C15H13F2NO3. The van der Waals surface area contributed by atoms with Crippen LogP contribution < -0.4 is 10.1 Å². The molecule has 2 aromatic rings. The zero-order valence-electron chi connectivity index (χ0n) is 11.1. The van der Waals surface area contributed by atoms with Crippen LogP contribution in [0.5, 0.6) is 5.75 Å². The van der Waals surface area contributed by atoms with Crippen LogP contribution >= 0.6 is 0 Å². The molecule has 0 aliphatic carbocycles. The summed E-state index contributed by atoms with van der Waals surface area (Å²) in [6.07, 6.45) is 0. The Morgan fingerprint density at radius 1 is 1.14 bits per heavy atom. The largest absolute Gasteiger partial charge is 0.497 e. The molecule has 1 atom stereocenters. The van der Waals surface area contributed by atoms with Crippen LogP contribution in [0.4, 0.5) is 14.5 Å². The lowest BCUT2D eigenvalue weighted by Crippen LogP contribution is -2.20. The van der Waals surface area contributed by atoms with Crippen molar-refractivity contribution < 1.29 is 23.4 Å². The number of anilines is 1. The number of benzene rings is 2. The maximum atomic E-state index is 13.2. The average molecular weight is 293 g/mol. The van der Waals surface area contributed by atoms with Gasteiger partial charge in [0.1, 0.15) is 17.4 Å². The summed E-state index contributed by atoms with van der Waals surface area (Å²) < 4.78 is 31.4. The van der Waals surface area contributed by atoms with Crippen LogP contribution in [-0.2, 0) is 4.79 Å². The van der Waals surface area contributed by atoms with Crippen LogP contribution in [0.25, 0.3) is 0 Å². The quantitative estimate of drug-likeness (QED) is 0.888. The summed E-state index contributed by atoms with van der Waals surface area (Å²) in [5.41, 5.74) is 0.490. The second-order valence-corrected chi connectivity index (χ2v) is 4.35. The Balaban J connectivity index is 2.28. The first-order valence-corrected chi connectivity index (χ1v) is 6.09. The molecule has 6 heteroatoms. The minimum atomic E-state index is -1.26. The average Bonchev–Trinajstić information content (AvgIpc) is 2.44. The molecule has 21 heavy (non-hydrogen) atoms. The number of carboxylic acid groups (broad SMARTS) is 1. The van der Waals surface area contributed by atoms with Crippen molar-refractivity contribution in [3.8, 4) is 5.75 Å².